The lowest BCUT2D eigenvalue weighted by atomic mass is 10.1. The highest BCUT2D eigenvalue weighted by molar-refractivity contribution is 7.14. The van der Waals surface area contributed by atoms with E-state index >= 15 is 0 Å². The van der Waals surface area contributed by atoms with Crippen LogP contribution < -0.4 is 0 Å². The number of nitro groups is 1. The van der Waals surface area contributed by atoms with Crippen molar-refractivity contribution in [3.05, 3.63) is 61.8 Å². The Labute approximate surface area is 144 Å². The van der Waals surface area contributed by atoms with Crippen molar-refractivity contribution in [2.24, 2.45) is 0 Å². The van der Waals surface area contributed by atoms with Crippen LogP contribution in [-0.4, -0.2) is 33.5 Å². The number of aliphatic hydroxyl groups is 1. The third kappa shape index (κ3) is 4.18. The number of thiophene rings is 1. The quantitative estimate of drug-likeness (QED) is 0.614. The molecule has 1 heterocycles. The second-order valence-electron chi connectivity index (χ2n) is 5.59. The van der Waals surface area contributed by atoms with Crippen LogP contribution in [0.25, 0.3) is 0 Å². The van der Waals surface area contributed by atoms with Crippen LogP contribution in [0.15, 0.2) is 36.4 Å². The number of aryl methyl sites for hydroxylation is 1. The highest BCUT2D eigenvalue weighted by atomic mass is 32.1. The zero-order chi connectivity index (χ0) is 17.7. The first-order valence-corrected chi connectivity index (χ1v) is 8.46. The highest BCUT2D eigenvalue weighted by Gasteiger charge is 2.26. The first-order valence-electron chi connectivity index (χ1n) is 7.64. The smallest absolute Gasteiger partial charge is 0.283 e. The average Bonchev–Trinajstić information content (AvgIpc) is 2.95. The van der Waals surface area contributed by atoms with Crippen LogP contribution in [0, 0.1) is 17.0 Å². The van der Waals surface area contributed by atoms with Gasteiger partial charge in [-0.3, -0.25) is 14.9 Å². The average molecular weight is 348 g/mol. The third-order valence-corrected chi connectivity index (χ3v) is 4.86. The van der Waals surface area contributed by atoms with Gasteiger partial charge in [0, 0.05) is 25.3 Å². The van der Waals surface area contributed by atoms with Gasteiger partial charge in [-0.1, -0.05) is 30.3 Å². The van der Waals surface area contributed by atoms with Gasteiger partial charge in [0.25, 0.3) is 11.6 Å². The molecule has 0 radical (unpaired) electrons. The van der Waals surface area contributed by atoms with Crippen LogP contribution in [0.4, 0.5) is 5.69 Å². The molecule has 0 aliphatic rings. The number of carbonyl (C=O) groups excluding carboxylic acids is 1. The van der Waals surface area contributed by atoms with Crippen LogP contribution in [0.3, 0.4) is 0 Å². The molecule has 0 aliphatic heterocycles. The molecule has 128 valence electrons. The Hall–Kier alpha value is -2.25. The van der Waals surface area contributed by atoms with Crippen molar-refractivity contribution in [1.82, 2.24) is 4.90 Å². The zero-order valence-corrected chi connectivity index (χ0v) is 14.5. The Morgan fingerprint density at radius 1 is 1.38 bits per heavy atom. The van der Waals surface area contributed by atoms with Crippen molar-refractivity contribution in [2.45, 2.75) is 32.9 Å². The molecule has 0 saturated heterocycles. The molecule has 0 aliphatic carbocycles. The SMILES string of the molecule is Cc1sc(C(=O)N(Cc2ccccc2)C(C)CCO)cc1[N+](=O)[O-]. The van der Waals surface area contributed by atoms with Gasteiger partial charge in [0.1, 0.15) is 0 Å². The van der Waals surface area contributed by atoms with E-state index in [0.29, 0.717) is 22.7 Å². The fourth-order valence-electron chi connectivity index (χ4n) is 2.45. The molecule has 2 aromatic rings. The van der Waals surface area contributed by atoms with Gasteiger partial charge < -0.3 is 10.0 Å². The number of aliphatic hydroxyl groups excluding tert-OH is 1. The molecule has 1 aromatic heterocycles. The fraction of sp³-hybridized carbons (Fsp3) is 0.353. The maximum absolute atomic E-state index is 12.9. The number of amides is 1. The summed E-state index contributed by atoms with van der Waals surface area (Å²) in [7, 11) is 0. The molecular formula is C17H20N2O4S. The van der Waals surface area contributed by atoms with Crippen molar-refractivity contribution >= 4 is 22.9 Å². The standard InChI is InChI=1S/C17H20N2O4S/c1-12(8-9-20)18(11-14-6-4-3-5-7-14)17(21)16-10-15(19(22)23)13(2)24-16/h3-7,10,12,20H,8-9,11H2,1-2H3. The summed E-state index contributed by atoms with van der Waals surface area (Å²) in [5.74, 6) is -0.249. The summed E-state index contributed by atoms with van der Waals surface area (Å²) in [6, 6.07) is 10.7. The van der Waals surface area contributed by atoms with Gasteiger partial charge >= 0.3 is 0 Å². The minimum atomic E-state index is -0.471. The van der Waals surface area contributed by atoms with Gasteiger partial charge in [-0.15, -0.1) is 11.3 Å². The second kappa shape index (κ2) is 8.03. The van der Waals surface area contributed by atoms with E-state index in [4.69, 9.17) is 0 Å². The van der Waals surface area contributed by atoms with Crippen LogP contribution in [0.5, 0.6) is 0 Å². The van der Waals surface area contributed by atoms with E-state index in [9.17, 15) is 20.0 Å². The summed E-state index contributed by atoms with van der Waals surface area (Å²) >= 11 is 1.13. The van der Waals surface area contributed by atoms with Crippen LogP contribution >= 0.6 is 11.3 Å². The summed E-state index contributed by atoms with van der Waals surface area (Å²) in [4.78, 5) is 25.9. The van der Waals surface area contributed by atoms with Gasteiger partial charge in [-0.25, -0.2) is 0 Å². The Kier molecular flexibility index (Phi) is 6.05. The first-order chi connectivity index (χ1) is 11.4. The normalized spacial score (nSPS) is 12.0. The number of carbonyl (C=O) groups is 1. The van der Waals surface area contributed by atoms with Gasteiger partial charge in [-0.05, 0) is 25.8 Å². The third-order valence-electron chi connectivity index (χ3n) is 3.83. The van der Waals surface area contributed by atoms with Gasteiger partial charge in [-0.2, -0.15) is 0 Å². The van der Waals surface area contributed by atoms with E-state index in [-0.39, 0.29) is 24.2 Å². The topological polar surface area (TPSA) is 83.7 Å². The molecule has 1 N–H and O–H groups in total. The molecule has 7 heteroatoms. The Balaban J connectivity index is 2.30. The number of hydrogen-bond acceptors (Lipinski definition) is 5. The van der Waals surface area contributed by atoms with Crippen LogP contribution in [0.2, 0.25) is 0 Å². The first kappa shape index (κ1) is 18.1. The predicted octanol–water partition coefficient (Wildman–Crippen LogP) is 3.38. The molecule has 1 amide bonds. The van der Waals surface area contributed by atoms with Gasteiger partial charge in [0.2, 0.25) is 0 Å². The van der Waals surface area contributed by atoms with E-state index in [1.807, 2.05) is 37.3 Å². The van der Waals surface area contributed by atoms with E-state index in [1.54, 1.807) is 11.8 Å². The van der Waals surface area contributed by atoms with Gasteiger partial charge in [0.05, 0.1) is 14.7 Å². The lowest BCUT2D eigenvalue weighted by Crippen LogP contribution is -2.38. The molecule has 0 bridgehead atoms. The number of rotatable bonds is 7. The largest absolute Gasteiger partial charge is 0.396 e. The summed E-state index contributed by atoms with van der Waals surface area (Å²) in [6.07, 6.45) is 0.449. The molecular weight excluding hydrogens is 328 g/mol. The molecule has 24 heavy (non-hydrogen) atoms. The number of nitrogens with zero attached hydrogens (tertiary/aromatic N) is 2. The molecule has 1 unspecified atom stereocenters. The molecule has 2 rings (SSSR count). The van der Waals surface area contributed by atoms with Crippen molar-refractivity contribution in [3.8, 4) is 0 Å². The number of hydrogen-bond donors (Lipinski definition) is 1. The molecule has 0 spiro atoms. The van der Waals surface area contributed by atoms with E-state index < -0.39 is 4.92 Å². The summed E-state index contributed by atoms with van der Waals surface area (Å²) in [6.45, 7) is 3.87. The lowest BCUT2D eigenvalue weighted by Gasteiger charge is -2.28. The Morgan fingerprint density at radius 2 is 2.04 bits per heavy atom. The van der Waals surface area contributed by atoms with Crippen LogP contribution in [0.1, 0.15) is 33.5 Å². The van der Waals surface area contributed by atoms with E-state index in [2.05, 4.69) is 0 Å². The van der Waals surface area contributed by atoms with Crippen molar-refractivity contribution in [3.63, 3.8) is 0 Å². The van der Waals surface area contributed by atoms with Crippen molar-refractivity contribution < 1.29 is 14.8 Å². The molecule has 1 aromatic carbocycles. The van der Waals surface area contributed by atoms with Crippen molar-refractivity contribution in [2.75, 3.05) is 6.61 Å². The van der Waals surface area contributed by atoms with Crippen molar-refractivity contribution in [1.29, 1.82) is 0 Å². The maximum atomic E-state index is 12.9. The maximum Gasteiger partial charge on any atom is 0.283 e. The molecule has 0 fully saturated rings. The van der Waals surface area contributed by atoms with E-state index in [1.165, 1.54) is 6.07 Å². The summed E-state index contributed by atoms with van der Waals surface area (Å²) < 4.78 is 0. The summed E-state index contributed by atoms with van der Waals surface area (Å²) in [5, 5.41) is 20.2. The summed E-state index contributed by atoms with van der Waals surface area (Å²) in [5.41, 5.74) is 0.941. The highest BCUT2D eigenvalue weighted by Crippen LogP contribution is 2.30. The Morgan fingerprint density at radius 3 is 2.58 bits per heavy atom. The molecule has 1 atom stereocenters. The minimum Gasteiger partial charge on any atom is -0.396 e. The lowest BCUT2D eigenvalue weighted by molar-refractivity contribution is -0.385. The zero-order valence-electron chi connectivity index (χ0n) is 13.6. The fourth-order valence-corrected chi connectivity index (χ4v) is 3.39. The monoisotopic (exact) mass is 348 g/mol. The number of benzene rings is 1. The van der Waals surface area contributed by atoms with E-state index in [0.717, 1.165) is 16.9 Å². The molecule has 0 saturated carbocycles. The Bertz CT molecular complexity index is 715. The van der Waals surface area contributed by atoms with Gasteiger partial charge in [0.15, 0.2) is 0 Å². The van der Waals surface area contributed by atoms with Crippen LogP contribution in [-0.2, 0) is 6.54 Å². The minimum absolute atomic E-state index is 0.0245. The second-order valence-corrected chi connectivity index (χ2v) is 6.85. The predicted molar refractivity (Wildman–Crippen MR) is 93.2 cm³/mol. The molecule has 6 nitrogen and oxygen atoms in total.